The predicted molar refractivity (Wildman–Crippen MR) is 388 cm³/mol. The number of carboxylic acids is 1. The first-order valence-electron chi connectivity index (χ1n) is 30.4. The van der Waals surface area contributed by atoms with E-state index < -0.39 is 88.4 Å². The van der Waals surface area contributed by atoms with E-state index in [0.29, 0.717) is 24.6 Å². The molecule has 0 aliphatic heterocycles. The lowest BCUT2D eigenvalue weighted by Crippen LogP contribution is -2.19. The molecule has 0 bridgehead atoms. The number of aliphatic carboxylic acids is 1. The fourth-order valence-corrected chi connectivity index (χ4v) is 35.6. The van der Waals surface area contributed by atoms with Gasteiger partial charge in [0.2, 0.25) is 5.69 Å². The summed E-state index contributed by atoms with van der Waals surface area (Å²) in [6.45, 7) is 19.5. The largest absolute Gasteiger partial charge is 0.481 e. The molecular weight excluding hydrogens is 1450 g/mol. The topological polar surface area (TPSA) is 260 Å². The zero-order chi connectivity index (χ0) is 68.6. The fraction of sp³-hybridized carbons (Fsp3) is 0.981. The van der Waals surface area contributed by atoms with Crippen LogP contribution in [-0.2, 0) is 103 Å². The molecule has 0 rings (SSSR count). The van der Waals surface area contributed by atoms with Gasteiger partial charge in [-0.3, -0.25) is 27.5 Å². The summed E-state index contributed by atoms with van der Waals surface area (Å²) in [7, 11) is 0. The molecule has 0 saturated heterocycles. The molecule has 0 amide bonds. The molecule has 0 spiro atoms. The second-order valence-electron chi connectivity index (χ2n) is 24.9. The van der Waals surface area contributed by atoms with Crippen LogP contribution in [0, 0.1) is 47.3 Å². The lowest BCUT2D eigenvalue weighted by molar-refractivity contribution is -0.136. The van der Waals surface area contributed by atoms with Gasteiger partial charge in [0.25, 0.3) is 6.57 Å². The van der Waals surface area contributed by atoms with Gasteiger partial charge in [0.1, 0.15) is 0 Å². The molecule has 0 radical (unpaired) electrons. The third-order valence-electron chi connectivity index (χ3n) is 10.0. The van der Waals surface area contributed by atoms with Crippen molar-refractivity contribution in [3.8, 4) is 0 Å². The van der Waals surface area contributed by atoms with E-state index in [2.05, 4.69) is 0 Å². The lowest BCUT2D eigenvalue weighted by atomic mass is 10.2. The molecule has 1 N–H and O–H groups in total. The molecule has 0 aromatic carbocycles. The Morgan fingerprint density at radius 2 is 0.562 bits per heavy atom. The van der Waals surface area contributed by atoms with Crippen LogP contribution in [-0.4, -0.2) is 140 Å². The summed E-state index contributed by atoms with van der Waals surface area (Å²) >= 11 is 12.5. The van der Waals surface area contributed by atoms with Crippen molar-refractivity contribution in [2.24, 2.45) is 47.3 Å². The fourth-order valence-electron chi connectivity index (χ4n) is 5.62. The molecule has 0 aromatic rings. The number of hydrogen-bond donors (Lipinski definition) is 1. The summed E-state index contributed by atoms with van der Waals surface area (Å²) in [5, 5.41) is 9.62. The number of hydrogen-bond acceptors (Lipinski definition) is 28. The average molecular weight is 1560 g/mol. The quantitative estimate of drug-likeness (QED) is 0.0555. The highest BCUT2D eigenvalue weighted by atomic mass is 32.9. The Morgan fingerprint density at radius 3 is 0.854 bits per heavy atom. The zero-order valence-corrected chi connectivity index (χ0v) is 69.7. The molecule has 0 fully saturated rings. The highest BCUT2D eigenvalue weighted by Crippen LogP contribution is 2.71. The van der Waals surface area contributed by atoms with Crippen LogP contribution in [0.3, 0.4) is 0 Å². The first-order chi connectivity index (χ1) is 40.9. The normalized spacial score (nSPS) is 17.5. The molecule has 21 nitrogen and oxygen atoms in total. The van der Waals surface area contributed by atoms with Gasteiger partial charge in [0.05, 0.1) is 95.5 Å². The molecule has 36 heteroatoms. The summed E-state index contributed by atoms with van der Waals surface area (Å²) < 4.78 is 166. The maximum Gasteiger partial charge on any atom is 0.389 e. The Balaban J connectivity index is 7.13. The van der Waals surface area contributed by atoms with E-state index >= 15 is 9.13 Å². The molecule has 8 atom stereocenters. The molecule has 534 valence electrons. The highest BCUT2D eigenvalue weighted by Gasteiger charge is 2.41. The van der Waals surface area contributed by atoms with E-state index in [-0.39, 0.29) is 134 Å². The number of carbonyl (C=O) groups is 1. The van der Waals surface area contributed by atoms with Gasteiger partial charge in [-0.15, -0.1) is 0 Å². The summed E-state index contributed by atoms with van der Waals surface area (Å²) in [4.78, 5) is 11.8. The van der Waals surface area contributed by atoms with Gasteiger partial charge in [-0.2, -0.15) is 0 Å². The van der Waals surface area contributed by atoms with E-state index in [1.165, 1.54) is 11.4 Å². The van der Waals surface area contributed by atoms with Gasteiger partial charge in [0.15, 0.2) is 0 Å². The molecule has 8 unspecified atom stereocenters. The minimum Gasteiger partial charge on any atom is -0.481 e. The van der Waals surface area contributed by atoms with Crippen molar-refractivity contribution < 1.29 is 96.1 Å². The first-order valence-corrected chi connectivity index (χ1v) is 53.6. The zero-order valence-electron chi connectivity index (χ0n) is 56.9. The number of carboxylic acid groups (broad SMARTS) is 1. The Labute approximate surface area is 570 Å². The van der Waals surface area contributed by atoms with Crippen LogP contribution in [0.2, 0.25) is 0 Å². The summed E-state index contributed by atoms with van der Waals surface area (Å²) in [6, 6.07) is 0. The van der Waals surface area contributed by atoms with E-state index in [1.54, 1.807) is 41.5 Å². The number of rotatable bonds is 57. The first kappa shape index (κ1) is 92.4. The lowest BCUT2D eigenvalue weighted by Gasteiger charge is -2.30. The Bertz CT molecular complexity index is 2190. The molecular formula is C53H113O21P7S8. The van der Waals surface area contributed by atoms with Crippen molar-refractivity contribution in [3.63, 3.8) is 0 Å². The highest BCUT2D eigenvalue weighted by molar-refractivity contribution is 8.68. The smallest absolute Gasteiger partial charge is 0.389 e. The van der Waals surface area contributed by atoms with Crippen molar-refractivity contribution >= 4 is 144 Å². The van der Waals surface area contributed by atoms with Crippen LogP contribution < -0.4 is 0 Å². The molecule has 0 aliphatic carbocycles. The van der Waals surface area contributed by atoms with Gasteiger partial charge in [-0.25, -0.2) is 22.8 Å². The van der Waals surface area contributed by atoms with Gasteiger partial charge in [0, 0.05) is 40.3 Å². The summed E-state index contributed by atoms with van der Waals surface area (Å²) in [5.41, 5.74) is -3.60. The van der Waals surface area contributed by atoms with Crippen molar-refractivity contribution in [1.29, 1.82) is 0 Å². The monoisotopic (exact) mass is 1560 g/mol. The van der Waals surface area contributed by atoms with E-state index in [0.717, 1.165) is 56.9 Å². The Hall–Kier alpha value is 3.43. The van der Waals surface area contributed by atoms with Gasteiger partial charge < -0.3 is 45.8 Å². The minimum atomic E-state index is -4.31. The van der Waals surface area contributed by atoms with Crippen molar-refractivity contribution in [3.05, 3.63) is 0 Å². The molecule has 0 saturated carbocycles. The van der Waals surface area contributed by atoms with Crippen LogP contribution in [0.1, 0.15) is 159 Å². The minimum absolute atomic E-state index is 0.0159. The van der Waals surface area contributed by atoms with Crippen molar-refractivity contribution in [2.45, 2.75) is 195 Å². The predicted octanol–water partition coefficient (Wildman–Crippen LogP) is 21.3. The molecule has 89 heavy (non-hydrogen) atoms. The van der Waals surface area contributed by atoms with Crippen LogP contribution >= 0.6 is 126 Å². The third-order valence-corrected chi connectivity index (χ3v) is 41.3. The molecule has 0 aliphatic rings. The van der Waals surface area contributed by atoms with Crippen LogP contribution in [0.15, 0.2) is 0 Å². The summed E-state index contributed by atoms with van der Waals surface area (Å²) in [5.74, 6) is -0.434. The maximum atomic E-state index is 15.5. The Morgan fingerprint density at radius 1 is 0.326 bits per heavy atom. The SMILES string of the molecule is CC(C)COP(=O)(OCC(C)C)SCC(C)OP(=O)(OC(C)CSP(=O)(OCC(C)C)OCC(C)C)SCC(C)OP(=O)(OC(C)CSP(=O)(OC(C)CSP(=S)(OCC(C)C)OCC(C)C)C(C)CSP(=O)(OCC(C)C)OCC(C)C)SCCC(=O)O. The van der Waals surface area contributed by atoms with E-state index in [4.69, 9.17) is 70.6 Å². The standard InChI is InChI=1S/C53H113O21P7S8/c1-39(2)25-62-76(57,63-26-40(3)4)85-34-49(19)73-80(61,74-50(20)35-86-77(58,64-27-41(5)6)65-28-42(7)8)87-36-51(21)72-79(60,83-24-23-53(54)55)71-48(18)33-84-75(56,52(22)38-88-78(59,66-29-43(9)10)67-30-44(11)12)70-47(17)37-89-81(82,68-31-45(13)14)69-32-46(15)16/h39-52H,23-38H2,1-22H3,(H,54,55). The van der Waals surface area contributed by atoms with Crippen LogP contribution in [0.25, 0.3) is 0 Å². The van der Waals surface area contributed by atoms with E-state index in [9.17, 15) is 28.2 Å². The average Bonchev–Trinajstić information content (AvgIpc) is 3.63. The second-order valence-corrected chi connectivity index (χ2v) is 56.8. The van der Waals surface area contributed by atoms with Crippen molar-refractivity contribution in [2.75, 3.05) is 93.1 Å². The summed E-state index contributed by atoms with van der Waals surface area (Å²) in [6.07, 6.45) is -4.74. The van der Waals surface area contributed by atoms with E-state index in [1.807, 2.05) is 111 Å². The molecule has 0 heterocycles. The van der Waals surface area contributed by atoms with Crippen LogP contribution in [0.4, 0.5) is 0 Å². The maximum absolute atomic E-state index is 15.5. The van der Waals surface area contributed by atoms with Crippen LogP contribution in [0.5, 0.6) is 0 Å². The van der Waals surface area contributed by atoms with Gasteiger partial charge in [-0.05, 0) is 151 Å². The van der Waals surface area contributed by atoms with Gasteiger partial charge in [-0.1, -0.05) is 140 Å². The third kappa shape index (κ3) is 46.5. The molecule has 0 aromatic heterocycles. The van der Waals surface area contributed by atoms with Gasteiger partial charge >= 0.3 is 40.0 Å². The Kier molecular flexibility index (Phi) is 48.6. The second kappa shape index (κ2) is 46.8. The van der Waals surface area contributed by atoms with Crippen molar-refractivity contribution in [1.82, 2.24) is 0 Å².